The summed E-state index contributed by atoms with van der Waals surface area (Å²) < 4.78 is 0. The second-order valence-corrected chi connectivity index (χ2v) is 15.3. The van der Waals surface area contributed by atoms with E-state index in [2.05, 4.69) is 133 Å². The topological polar surface area (TPSA) is 38.7 Å². The lowest BCUT2D eigenvalue weighted by Gasteiger charge is -2.61. The van der Waals surface area contributed by atoms with Gasteiger partial charge in [-0.05, 0) is 124 Å². The molecule has 50 heavy (non-hydrogen) atoms. The van der Waals surface area contributed by atoms with Crippen LogP contribution in [-0.2, 0) is 5.41 Å². The Morgan fingerprint density at radius 3 is 1.58 bits per heavy atom. The largest absolute Gasteiger partial charge is 0.208 e. The van der Waals surface area contributed by atoms with Crippen LogP contribution >= 0.6 is 0 Å². The maximum atomic E-state index is 5.26. The quantitative estimate of drug-likeness (QED) is 0.192. The van der Waals surface area contributed by atoms with Gasteiger partial charge in [0.15, 0.2) is 17.5 Å². The molecule has 0 saturated heterocycles. The van der Waals surface area contributed by atoms with Crippen molar-refractivity contribution in [1.29, 1.82) is 0 Å². The second kappa shape index (κ2) is 10.8. The lowest BCUT2D eigenvalue weighted by atomic mass is 9.43. The van der Waals surface area contributed by atoms with Crippen molar-refractivity contribution in [2.75, 3.05) is 0 Å². The minimum Gasteiger partial charge on any atom is -0.208 e. The molecule has 4 saturated carbocycles. The average molecular weight is 644 g/mol. The lowest BCUT2D eigenvalue weighted by molar-refractivity contribution is -0.0398. The van der Waals surface area contributed by atoms with Gasteiger partial charge in [0.05, 0.1) is 0 Å². The van der Waals surface area contributed by atoms with Crippen molar-refractivity contribution in [1.82, 2.24) is 15.0 Å². The highest BCUT2D eigenvalue weighted by molar-refractivity contribution is 5.94. The fourth-order valence-electron chi connectivity index (χ4n) is 10.8. The van der Waals surface area contributed by atoms with Crippen molar-refractivity contribution in [2.45, 2.75) is 37.5 Å². The summed E-state index contributed by atoms with van der Waals surface area (Å²) in [6.07, 6.45) is 6.87. The van der Waals surface area contributed by atoms with Gasteiger partial charge in [-0.2, -0.15) is 0 Å². The second-order valence-electron chi connectivity index (χ2n) is 15.3. The summed E-state index contributed by atoms with van der Waals surface area (Å²) in [6.45, 7) is 0. The summed E-state index contributed by atoms with van der Waals surface area (Å²) in [4.78, 5) is 15.5. The number of hydrogen-bond donors (Lipinski definition) is 0. The maximum Gasteiger partial charge on any atom is 0.164 e. The highest BCUT2D eigenvalue weighted by atomic mass is 15.0. The number of fused-ring (bicyclic) bond motifs is 4. The van der Waals surface area contributed by atoms with Crippen LogP contribution in [0.15, 0.2) is 140 Å². The van der Waals surface area contributed by atoms with Gasteiger partial charge < -0.3 is 0 Å². The first-order valence-electron chi connectivity index (χ1n) is 18.4. The molecule has 0 amide bonds. The Hall–Kier alpha value is -5.41. The lowest BCUT2D eigenvalue weighted by Crippen LogP contribution is -2.55. The molecular weight excluding hydrogens is 607 g/mol. The molecule has 0 aliphatic heterocycles. The van der Waals surface area contributed by atoms with E-state index in [1.165, 1.54) is 65.1 Å². The van der Waals surface area contributed by atoms with Crippen LogP contribution in [0.1, 0.15) is 43.2 Å². The molecule has 6 aromatic carbocycles. The maximum absolute atomic E-state index is 5.26. The highest BCUT2D eigenvalue weighted by Gasteiger charge is 2.61. The minimum atomic E-state index is 0.0558. The molecule has 0 radical (unpaired) electrons. The summed E-state index contributed by atoms with van der Waals surface area (Å²) >= 11 is 0. The molecule has 240 valence electrons. The molecule has 4 fully saturated rings. The van der Waals surface area contributed by atoms with E-state index in [1.54, 1.807) is 5.56 Å². The number of nitrogens with zero attached hydrogens (tertiary/aromatic N) is 3. The molecule has 0 unspecified atom stereocenters. The van der Waals surface area contributed by atoms with E-state index in [0.717, 1.165) is 39.9 Å². The number of hydrogen-bond acceptors (Lipinski definition) is 3. The molecule has 5 aliphatic carbocycles. The Kier molecular flexibility index (Phi) is 6.14. The number of aromatic nitrogens is 3. The van der Waals surface area contributed by atoms with Gasteiger partial charge in [0.25, 0.3) is 0 Å². The third-order valence-electron chi connectivity index (χ3n) is 12.7. The summed E-state index contributed by atoms with van der Waals surface area (Å²) in [5.41, 5.74) is 11.4. The van der Waals surface area contributed by atoms with Crippen LogP contribution in [0.5, 0.6) is 0 Å². The zero-order valence-electron chi connectivity index (χ0n) is 28.0. The summed E-state index contributed by atoms with van der Waals surface area (Å²) in [5, 5.41) is 2.69. The molecule has 3 heteroatoms. The predicted octanol–water partition coefficient (Wildman–Crippen LogP) is 11.4. The van der Waals surface area contributed by atoms with Crippen molar-refractivity contribution in [3.8, 4) is 56.4 Å². The van der Waals surface area contributed by atoms with E-state index in [9.17, 15) is 0 Å². The first-order chi connectivity index (χ1) is 24.7. The molecule has 5 aliphatic rings. The van der Waals surface area contributed by atoms with Crippen LogP contribution in [0.2, 0.25) is 0 Å². The first-order valence-corrected chi connectivity index (χ1v) is 18.4. The van der Waals surface area contributed by atoms with E-state index in [-0.39, 0.29) is 5.41 Å². The van der Waals surface area contributed by atoms with E-state index in [1.807, 2.05) is 6.07 Å². The summed E-state index contributed by atoms with van der Waals surface area (Å²) in [7, 11) is 0. The van der Waals surface area contributed by atoms with Crippen molar-refractivity contribution >= 4 is 10.8 Å². The van der Waals surface area contributed by atoms with Gasteiger partial charge in [-0.1, -0.05) is 115 Å². The standard InChI is InChI=1S/C47H37N3/c1-3-10-31(11-4-1)33-16-9-17-36(25-33)45-48-44(32-12-5-2-6-13-32)49-46(50-45)37-18-19-40-41-26-34-14-7-8-15-35(34)27-43(41)47(42(40)28-37)38-21-29-20-30(23-38)24-39(47)22-29/h1-19,25-30,38-39H,20-24H2. The van der Waals surface area contributed by atoms with Crippen molar-refractivity contribution in [2.24, 2.45) is 23.7 Å². The van der Waals surface area contributed by atoms with Crippen LogP contribution in [0, 0.1) is 23.7 Å². The van der Waals surface area contributed by atoms with Gasteiger partial charge in [0, 0.05) is 22.1 Å². The fourth-order valence-corrected chi connectivity index (χ4v) is 10.8. The monoisotopic (exact) mass is 643 g/mol. The minimum absolute atomic E-state index is 0.0558. The van der Waals surface area contributed by atoms with Gasteiger partial charge >= 0.3 is 0 Å². The van der Waals surface area contributed by atoms with E-state index >= 15 is 0 Å². The predicted molar refractivity (Wildman–Crippen MR) is 202 cm³/mol. The summed E-state index contributed by atoms with van der Waals surface area (Å²) in [6, 6.07) is 50.6. The van der Waals surface area contributed by atoms with Crippen LogP contribution in [-0.4, -0.2) is 15.0 Å². The third-order valence-corrected chi connectivity index (χ3v) is 12.7. The molecule has 1 heterocycles. The molecule has 4 bridgehead atoms. The SMILES string of the molecule is c1ccc(-c2cccc(-c3nc(-c4ccccc4)nc(-c4ccc5c(c4)C4(c6cc7ccccc7cc6-5)C5CC6CC(C5)CC4C6)n3)c2)cc1. The summed E-state index contributed by atoms with van der Waals surface area (Å²) in [5.74, 6) is 5.30. The average Bonchev–Trinajstić information content (AvgIpc) is 3.45. The number of benzene rings is 6. The zero-order valence-corrected chi connectivity index (χ0v) is 28.0. The van der Waals surface area contributed by atoms with E-state index < -0.39 is 0 Å². The van der Waals surface area contributed by atoms with Gasteiger partial charge in [0.2, 0.25) is 0 Å². The Balaban J connectivity index is 1.11. The Bertz CT molecular complexity index is 2420. The molecule has 0 atom stereocenters. The molecule has 12 rings (SSSR count). The van der Waals surface area contributed by atoms with Gasteiger partial charge in [0.1, 0.15) is 0 Å². The Morgan fingerprint density at radius 1 is 0.380 bits per heavy atom. The molecule has 3 nitrogen and oxygen atoms in total. The van der Waals surface area contributed by atoms with Crippen LogP contribution in [0.3, 0.4) is 0 Å². The number of rotatable bonds is 4. The molecule has 1 aromatic heterocycles. The molecule has 0 N–H and O–H groups in total. The smallest absolute Gasteiger partial charge is 0.164 e. The van der Waals surface area contributed by atoms with Gasteiger partial charge in [-0.3, -0.25) is 0 Å². The first kappa shape index (κ1) is 28.4. The Morgan fingerprint density at radius 2 is 0.900 bits per heavy atom. The van der Waals surface area contributed by atoms with Crippen molar-refractivity contribution < 1.29 is 0 Å². The van der Waals surface area contributed by atoms with Crippen LogP contribution in [0.4, 0.5) is 0 Å². The van der Waals surface area contributed by atoms with E-state index in [4.69, 9.17) is 15.0 Å². The Labute approximate surface area is 293 Å². The normalized spacial score (nSPS) is 24.1. The van der Waals surface area contributed by atoms with Gasteiger partial charge in [-0.15, -0.1) is 0 Å². The van der Waals surface area contributed by atoms with Gasteiger partial charge in [-0.25, -0.2) is 15.0 Å². The van der Waals surface area contributed by atoms with Crippen LogP contribution < -0.4 is 0 Å². The van der Waals surface area contributed by atoms with Crippen LogP contribution in [0.25, 0.3) is 67.2 Å². The van der Waals surface area contributed by atoms with Crippen molar-refractivity contribution in [3.63, 3.8) is 0 Å². The van der Waals surface area contributed by atoms with Crippen molar-refractivity contribution in [3.05, 3.63) is 151 Å². The molecule has 7 aromatic rings. The third kappa shape index (κ3) is 4.19. The molecule has 1 spiro atoms. The van der Waals surface area contributed by atoms with E-state index in [0.29, 0.717) is 23.5 Å². The molecular formula is C47H37N3. The fraction of sp³-hybridized carbons (Fsp3) is 0.213. The zero-order chi connectivity index (χ0) is 32.8. The highest BCUT2D eigenvalue weighted by Crippen LogP contribution is 2.69.